The summed E-state index contributed by atoms with van der Waals surface area (Å²) in [6, 6.07) is 0.352. The maximum atomic E-state index is 11.6. The Morgan fingerprint density at radius 3 is 2.62 bits per heavy atom. The van der Waals surface area contributed by atoms with Crippen LogP contribution in [0.25, 0.3) is 0 Å². The normalized spacial score (nSPS) is 28.8. The Hall–Kier alpha value is -0.770. The minimum absolute atomic E-state index is 0.0961. The molecule has 1 fully saturated rings. The monoisotopic (exact) mass is 185 g/mol. The Labute approximate surface area is 79.7 Å². The van der Waals surface area contributed by atoms with Gasteiger partial charge in [-0.2, -0.15) is 0 Å². The Kier molecular flexibility index (Phi) is 3.14. The maximum absolute atomic E-state index is 11.6. The molecule has 0 bridgehead atoms. The topological polar surface area (TPSA) is 49.6 Å². The zero-order chi connectivity index (χ0) is 10.0. The van der Waals surface area contributed by atoms with Gasteiger partial charge in [-0.25, -0.2) is 4.79 Å². The lowest BCUT2D eigenvalue weighted by Crippen LogP contribution is -2.50. The molecule has 76 valence electrons. The van der Waals surface area contributed by atoms with Crippen molar-refractivity contribution in [3.8, 4) is 0 Å². The van der Waals surface area contributed by atoms with Crippen LogP contribution in [0.3, 0.4) is 0 Å². The van der Waals surface area contributed by atoms with Gasteiger partial charge in [0, 0.05) is 33.2 Å². The first kappa shape index (κ1) is 10.3. The van der Waals surface area contributed by atoms with Crippen LogP contribution >= 0.6 is 0 Å². The van der Waals surface area contributed by atoms with E-state index in [1.807, 2.05) is 4.90 Å². The summed E-state index contributed by atoms with van der Waals surface area (Å²) in [5.74, 6) is 0.414. The van der Waals surface area contributed by atoms with E-state index in [4.69, 9.17) is 5.73 Å². The van der Waals surface area contributed by atoms with Gasteiger partial charge in [0.25, 0.3) is 0 Å². The van der Waals surface area contributed by atoms with Crippen molar-refractivity contribution in [1.82, 2.24) is 9.80 Å². The van der Waals surface area contributed by atoms with Crippen molar-refractivity contribution >= 4 is 6.03 Å². The zero-order valence-electron chi connectivity index (χ0n) is 8.66. The fraction of sp³-hybridized carbons (Fsp3) is 0.889. The van der Waals surface area contributed by atoms with Gasteiger partial charge in [-0.1, -0.05) is 6.92 Å². The molecule has 4 nitrogen and oxygen atoms in total. The van der Waals surface area contributed by atoms with Gasteiger partial charge in [0.2, 0.25) is 0 Å². The largest absolute Gasteiger partial charge is 0.331 e. The first-order valence-corrected chi connectivity index (χ1v) is 4.74. The van der Waals surface area contributed by atoms with E-state index in [1.165, 1.54) is 0 Å². The Morgan fingerprint density at radius 1 is 1.54 bits per heavy atom. The SMILES string of the molecule is CC1CN(C(=O)N(C)C)CCC1N. The van der Waals surface area contributed by atoms with Crippen molar-refractivity contribution in [2.45, 2.75) is 19.4 Å². The number of hydrogen-bond acceptors (Lipinski definition) is 2. The van der Waals surface area contributed by atoms with Gasteiger partial charge >= 0.3 is 6.03 Å². The minimum Gasteiger partial charge on any atom is -0.331 e. The molecule has 2 N–H and O–H groups in total. The van der Waals surface area contributed by atoms with Crippen molar-refractivity contribution < 1.29 is 4.79 Å². The molecule has 2 atom stereocenters. The number of amides is 2. The van der Waals surface area contributed by atoms with Crippen LogP contribution in [-0.2, 0) is 0 Å². The molecular formula is C9H19N3O. The Bertz CT molecular complexity index is 193. The molecule has 1 saturated heterocycles. The molecule has 2 unspecified atom stereocenters. The summed E-state index contributed by atoms with van der Waals surface area (Å²) in [5.41, 5.74) is 5.87. The third kappa shape index (κ3) is 2.34. The zero-order valence-corrected chi connectivity index (χ0v) is 8.66. The highest BCUT2D eigenvalue weighted by Crippen LogP contribution is 2.15. The van der Waals surface area contributed by atoms with Gasteiger partial charge in [0.05, 0.1) is 0 Å². The van der Waals surface area contributed by atoms with E-state index in [0.29, 0.717) is 5.92 Å². The number of nitrogens with zero attached hydrogens (tertiary/aromatic N) is 2. The second-order valence-corrected chi connectivity index (χ2v) is 4.05. The number of piperidine rings is 1. The van der Waals surface area contributed by atoms with Gasteiger partial charge in [0.1, 0.15) is 0 Å². The summed E-state index contributed by atoms with van der Waals surface area (Å²) in [7, 11) is 3.56. The number of carbonyl (C=O) groups excluding carboxylic acids is 1. The molecule has 0 aromatic rings. The molecule has 1 aliphatic rings. The number of likely N-dealkylation sites (tertiary alicyclic amines) is 1. The molecule has 4 heteroatoms. The van der Waals surface area contributed by atoms with Crippen LogP contribution < -0.4 is 5.73 Å². The second kappa shape index (κ2) is 3.96. The highest BCUT2D eigenvalue weighted by molar-refractivity contribution is 5.73. The molecule has 0 radical (unpaired) electrons. The van der Waals surface area contributed by atoms with Gasteiger partial charge in [0.15, 0.2) is 0 Å². The van der Waals surface area contributed by atoms with E-state index in [0.717, 1.165) is 19.5 Å². The van der Waals surface area contributed by atoms with Crippen LogP contribution in [0.5, 0.6) is 0 Å². The van der Waals surface area contributed by atoms with Crippen molar-refractivity contribution in [2.75, 3.05) is 27.2 Å². The molecule has 1 aliphatic heterocycles. The number of urea groups is 1. The summed E-state index contributed by atoms with van der Waals surface area (Å²) < 4.78 is 0. The summed E-state index contributed by atoms with van der Waals surface area (Å²) in [4.78, 5) is 15.0. The van der Waals surface area contributed by atoms with E-state index >= 15 is 0 Å². The molecule has 1 heterocycles. The van der Waals surface area contributed by atoms with E-state index in [1.54, 1.807) is 19.0 Å². The average molecular weight is 185 g/mol. The van der Waals surface area contributed by atoms with Gasteiger partial charge in [-0.3, -0.25) is 0 Å². The molecule has 1 rings (SSSR count). The van der Waals surface area contributed by atoms with Crippen molar-refractivity contribution in [3.63, 3.8) is 0 Å². The van der Waals surface area contributed by atoms with Crippen LogP contribution in [0.4, 0.5) is 4.79 Å². The Morgan fingerprint density at radius 2 is 2.15 bits per heavy atom. The van der Waals surface area contributed by atoms with E-state index in [9.17, 15) is 4.79 Å². The van der Waals surface area contributed by atoms with Gasteiger partial charge in [-0.05, 0) is 12.3 Å². The highest BCUT2D eigenvalue weighted by Gasteiger charge is 2.26. The fourth-order valence-electron chi connectivity index (χ4n) is 1.62. The lowest BCUT2D eigenvalue weighted by atomic mass is 9.95. The van der Waals surface area contributed by atoms with Crippen molar-refractivity contribution in [1.29, 1.82) is 0 Å². The molecule has 0 spiro atoms. The molecule has 0 saturated carbocycles. The molecule has 13 heavy (non-hydrogen) atoms. The number of carbonyl (C=O) groups is 1. The molecule has 0 aromatic carbocycles. The average Bonchev–Trinajstić information content (AvgIpc) is 2.08. The van der Waals surface area contributed by atoms with Crippen LogP contribution in [0.15, 0.2) is 0 Å². The predicted octanol–water partition coefficient (Wildman–Crippen LogP) is 0.337. The van der Waals surface area contributed by atoms with Crippen LogP contribution in [0.1, 0.15) is 13.3 Å². The Balaban J connectivity index is 2.50. The first-order valence-electron chi connectivity index (χ1n) is 4.74. The molecular weight excluding hydrogens is 166 g/mol. The number of hydrogen-bond donors (Lipinski definition) is 1. The second-order valence-electron chi connectivity index (χ2n) is 4.05. The smallest absolute Gasteiger partial charge is 0.319 e. The van der Waals surface area contributed by atoms with Crippen molar-refractivity contribution in [2.24, 2.45) is 11.7 Å². The summed E-state index contributed by atoms with van der Waals surface area (Å²) >= 11 is 0. The number of nitrogens with two attached hydrogens (primary N) is 1. The highest BCUT2D eigenvalue weighted by atomic mass is 16.2. The van der Waals surface area contributed by atoms with Gasteiger partial charge < -0.3 is 15.5 Å². The fourth-order valence-corrected chi connectivity index (χ4v) is 1.62. The van der Waals surface area contributed by atoms with Crippen molar-refractivity contribution in [3.05, 3.63) is 0 Å². The minimum atomic E-state index is 0.0961. The molecule has 0 aliphatic carbocycles. The summed E-state index contributed by atoms with van der Waals surface area (Å²) in [6.07, 6.45) is 0.917. The lowest BCUT2D eigenvalue weighted by Gasteiger charge is -2.36. The molecule has 0 aromatic heterocycles. The third-order valence-electron chi connectivity index (χ3n) is 2.62. The van der Waals surface area contributed by atoms with Gasteiger partial charge in [-0.15, -0.1) is 0 Å². The quantitative estimate of drug-likeness (QED) is 0.591. The maximum Gasteiger partial charge on any atom is 0.319 e. The van der Waals surface area contributed by atoms with Crippen LogP contribution in [0, 0.1) is 5.92 Å². The molecule has 2 amide bonds. The van der Waals surface area contributed by atoms with Crippen LogP contribution in [0.2, 0.25) is 0 Å². The van der Waals surface area contributed by atoms with E-state index in [-0.39, 0.29) is 12.1 Å². The predicted molar refractivity (Wildman–Crippen MR) is 52.4 cm³/mol. The standard InChI is InChI=1S/C9H19N3O/c1-7-6-12(5-4-8(7)10)9(13)11(2)3/h7-8H,4-6,10H2,1-3H3. The van der Waals surface area contributed by atoms with Crippen LogP contribution in [-0.4, -0.2) is 49.1 Å². The third-order valence-corrected chi connectivity index (χ3v) is 2.62. The number of rotatable bonds is 0. The lowest BCUT2D eigenvalue weighted by molar-refractivity contribution is 0.139. The van der Waals surface area contributed by atoms with E-state index in [2.05, 4.69) is 6.92 Å². The summed E-state index contributed by atoms with van der Waals surface area (Å²) in [6.45, 7) is 3.68. The first-order chi connectivity index (χ1) is 6.02. The summed E-state index contributed by atoms with van der Waals surface area (Å²) in [5, 5.41) is 0. The van der Waals surface area contributed by atoms with E-state index < -0.39 is 0 Å².